The molecule has 0 fully saturated rings. The molecular formula is C14H15N3OS. The Morgan fingerprint density at radius 2 is 1.95 bits per heavy atom. The van der Waals surface area contributed by atoms with Crippen LogP contribution >= 0.6 is 11.8 Å². The fraction of sp³-hybridized carbons (Fsp3) is 0.143. The lowest BCUT2D eigenvalue weighted by Crippen LogP contribution is -2.13. The van der Waals surface area contributed by atoms with Crippen LogP contribution in [-0.2, 0) is 0 Å². The van der Waals surface area contributed by atoms with Gasteiger partial charge in [-0.2, -0.15) is 0 Å². The highest BCUT2D eigenvalue weighted by molar-refractivity contribution is 7.99. The van der Waals surface area contributed by atoms with Crippen molar-refractivity contribution in [3.63, 3.8) is 0 Å². The molecule has 5 heteroatoms. The van der Waals surface area contributed by atoms with Crippen LogP contribution in [-0.4, -0.2) is 10.9 Å². The lowest BCUT2D eigenvalue weighted by atomic mass is 10.1. The zero-order chi connectivity index (χ0) is 14.0. The summed E-state index contributed by atoms with van der Waals surface area (Å²) in [4.78, 5) is 17.2. The molecule has 0 aliphatic carbocycles. The highest BCUT2D eigenvalue weighted by Gasteiger charge is 2.11. The lowest BCUT2D eigenvalue weighted by molar-refractivity contribution is 0.0997. The van der Waals surface area contributed by atoms with Crippen LogP contribution in [0.15, 0.2) is 40.3 Å². The molecule has 19 heavy (non-hydrogen) atoms. The summed E-state index contributed by atoms with van der Waals surface area (Å²) in [6.07, 6.45) is 1.58. The van der Waals surface area contributed by atoms with E-state index in [-0.39, 0.29) is 0 Å². The molecule has 0 spiro atoms. The third-order valence-electron chi connectivity index (χ3n) is 2.86. The number of benzene rings is 1. The van der Waals surface area contributed by atoms with E-state index in [1.54, 1.807) is 6.20 Å². The highest BCUT2D eigenvalue weighted by atomic mass is 32.2. The summed E-state index contributed by atoms with van der Waals surface area (Å²) >= 11 is 1.46. The van der Waals surface area contributed by atoms with Crippen molar-refractivity contribution in [2.24, 2.45) is 5.73 Å². The molecule has 0 bridgehead atoms. The van der Waals surface area contributed by atoms with E-state index in [9.17, 15) is 4.79 Å². The van der Waals surface area contributed by atoms with Gasteiger partial charge in [0.15, 0.2) is 0 Å². The number of aromatic nitrogens is 1. The number of aryl methyl sites for hydroxylation is 2. The Morgan fingerprint density at radius 3 is 2.58 bits per heavy atom. The van der Waals surface area contributed by atoms with Gasteiger partial charge >= 0.3 is 0 Å². The second-order valence-electron chi connectivity index (χ2n) is 4.32. The van der Waals surface area contributed by atoms with E-state index in [1.807, 2.05) is 12.1 Å². The van der Waals surface area contributed by atoms with Gasteiger partial charge < -0.3 is 11.5 Å². The van der Waals surface area contributed by atoms with Crippen LogP contribution in [0.2, 0.25) is 0 Å². The molecule has 98 valence electrons. The van der Waals surface area contributed by atoms with Gasteiger partial charge in [-0.05, 0) is 43.2 Å². The molecule has 4 nitrogen and oxygen atoms in total. The molecule has 1 aromatic carbocycles. The number of carbonyl (C=O) groups excluding carboxylic acids is 1. The van der Waals surface area contributed by atoms with Crippen LogP contribution in [0.4, 0.5) is 5.82 Å². The summed E-state index contributed by atoms with van der Waals surface area (Å²) in [6, 6.07) is 7.63. The van der Waals surface area contributed by atoms with E-state index in [0.717, 1.165) is 4.90 Å². The van der Waals surface area contributed by atoms with Gasteiger partial charge in [0.1, 0.15) is 5.82 Å². The SMILES string of the molecule is Cc1ccc(Sc2cnc(N)cc2C(N)=O)cc1C. The predicted molar refractivity (Wildman–Crippen MR) is 77.2 cm³/mol. The average molecular weight is 273 g/mol. The van der Waals surface area contributed by atoms with Crippen molar-refractivity contribution < 1.29 is 4.79 Å². The van der Waals surface area contributed by atoms with E-state index in [0.29, 0.717) is 16.3 Å². The molecule has 1 aromatic heterocycles. The first kappa shape index (κ1) is 13.4. The summed E-state index contributed by atoms with van der Waals surface area (Å²) in [7, 11) is 0. The minimum atomic E-state index is -0.500. The maximum atomic E-state index is 11.4. The fourth-order valence-electron chi connectivity index (χ4n) is 1.64. The van der Waals surface area contributed by atoms with E-state index in [1.165, 1.54) is 29.0 Å². The van der Waals surface area contributed by atoms with Gasteiger partial charge in [-0.1, -0.05) is 17.8 Å². The number of anilines is 1. The number of nitrogens with zero attached hydrogens (tertiary/aromatic N) is 1. The minimum absolute atomic E-state index is 0.290. The Balaban J connectivity index is 2.37. The highest BCUT2D eigenvalue weighted by Crippen LogP contribution is 2.31. The molecular weight excluding hydrogens is 258 g/mol. The van der Waals surface area contributed by atoms with Crippen molar-refractivity contribution in [1.82, 2.24) is 4.98 Å². The van der Waals surface area contributed by atoms with Crippen LogP contribution in [0, 0.1) is 13.8 Å². The first-order valence-corrected chi connectivity index (χ1v) is 6.59. The number of amides is 1. The van der Waals surface area contributed by atoms with Crippen LogP contribution in [0.1, 0.15) is 21.5 Å². The van der Waals surface area contributed by atoms with Crippen molar-refractivity contribution >= 4 is 23.5 Å². The second-order valence-corrected chi connectivity index (χ2v) is 5.43. The number of nitrogen functional groups attached to an aromatic ring is 1. The molecule has 0 unspecified atom stereocenters. The van der Waals surface area contributed by atoms with Gasteiger partial charge in [-0.3, -0.25) is 4.79 Å². The molecule has 4 N–H and O–H groups in total. The van der Waals surface area contributed by atoms with Gasteiger partial charge in [0.25, 0.3) is 0 Å². The van der Waals surface area contributed by atoms with E-state index in [2.05, 4.69) is 24.9 Å². The van der Waals surface area contributed by atoms with E-state index in [4.69, 9.17) is 11.5 Å². The smallest absolute Gasteiger partial charge is 0.250 e. The van der Waals surface area contributed by atoms with Crippen molar-refractivity contribution in [2.45, 2.75) is 23.6 Å². The van der Waals surface area contributed by atoms with Gasteiger partial charge in [0, 0.05) is 16.0 Å². The Morgan fingerprint density at radius 1 is 1.21 bits per heavy atom. The number of carbonyl (C=O) groups is 1. The molecule has 0 aliphatic heterocycles. The summed E-state index contributed by atoms with van der Waals surface area (Å²) in [6.45, 7) is 4.11. The monoisotopic (exact) mass is 273 g/mol. The van der Waals surface area contributed by atoms with Crippen LogP contribution in [0.5, 0.6) is 0 Å². The average Bonchev–Trinajstić information content (AvgIpc) is 2.36. The standard InChI is InChI=1S/C14H15N3OS/c1-8-3-4-10(5-9(8)2)19-12-7-17-13(15)6-11(12)14(16)18/h3-7H,1-2H3,(H2,15,17)(H2,16,18). The molecule has 0 atom stereocenters. The quantitative estimate of drug-likeness (QED) is 0.900. The Bertz CT molecular complexity index is 641. The third-order valence-corrected chi connectivity index (χ3v) is 3.90. The number of primary amides is 1. The zero-order valence-electron chi connectivity index (χ0n) is 10.8. The topological polar surface area (TPSA) is 82.0 Å². The second kappa shape index (κ2) is 5.32. The Kier molecular flexibility index (Phi) is 3.76. The van der Waals surface area contributed by atoms with E-state index < -0.39 is 5.91 Å². The Labute approximate surface area is 116 Å². The largest absolute Gasteiger partial charge is 0.384 e. The first-order chi connectivity index (χ1) is 8.97. The molecule has 2 rings (SSSR count). The Hall–Kier alpha value is -2.01. The molecule has 1 amide bonds. The van der Waals surface area contributed by atoms with Gasteiger partial charge in [-0.25, -0.2) is 4.98 Å². The predicted octanol–water partition coefficient (Wildman–Crippen LogP) is 2.53. The maximum absolute atomic E-state index is 11.4. The number of nitrogens with two attached hydrogens (primary N) is 2. The van der Waals surface area contributed by atoms with Crippen LogP contribution in [0.25, 0.3) is 0 Å². The first-order valence-electron chi connectivity index (χ1n) is 5.78. The van der Waals surface area contributed by atoms with Crippen molar-refractivity contribution in [3.05, 3.63) is 47.2 Å². The molecule has 2 aromatic rings. The maximum Gasteiger partial charge on any atom is 0.250 e. The summed E-state index contributed by atoms with van der Waals surface area (Å²) in [5.41, 5.74) is 13.8. The number of pyridine rings is 1. The van der Waals surface area contributed by atoms with Crippen molar-refractivity contribution in [1.29, 1.82) is 0 Å². The van der Waals surface area contributed by atoms with Crippen molar-refractivity contribution in [3.8, 4) is 0 Å². The number of hydrogen-bond donors (Lipinski definition) is 2. The van der Waals surface area contributed by atoms with Gasteiger partial charge in [-0.15, -0.1) is 0 Å². The normalized spacial score (nSPS) is 10.4. The summed E-state index contributed by atoms with van der Waals surface area (Å²) in [5, 5.41) is 0. The van der Waals surface area contributed by atoms with E-state index >= 15 is 0 Å². The van der Waals surface area contributed by atoms with Gasteiger partial charge in [0.05, 0.1) is 5.56 Å². The number of rotatable bonds is 3. The third kappa shape index (κ3) is 3.06. The van der Waals surface area contributed by atoms with Gasteiger partial charge in [0.2, 0.25) is 5.91 Å². The molecule has 1 heterocycles. The summed E-state index contributed by atoms with van der Waals surface area (Å²) < 4.78 is 0. The zero-order valence-corrected chi connectivity index (χ0v) is 11.6. The molecule has 0 radical (unpaired) electrons. The molecule has 0 aliphatic rings. The van der Waals surface area contributed by atoms with Crippen LogP contribution < -0.4 is 11.5 Å². The molecule has 0 saturated heterocycles. The molecule has 0 saturated carbocycles. The van der Waals surface area contributed by atoms with Crippen LogP contribution in [0.3, 0.4) is 0 Å². The fourth-order valence-corrected chi connectivity index (χ4v) is 2.64. The minimum Gasteiger partial charge on any atom is -0.384 e. The number of hydrogen-bond acceptors (Lipinski definition) is 4. The lowest BCUT2D eigenvalue weighted by Gasteiger charge is -2.08. The summed E-state index contributed by atoms with van der Waals surface area (Å²) in [5.74, 6) is -0.210. The van der Waals surface area contributed by atoms with Crippen molar-refractivity contribution in [2.75, 3.05) is 5.73 Å².